The van der Waals surface area contributed by atoms with E-state index in [-0.39, 0.29) is 24.9 Å². The van der Waals surface area contributed by atoms with Gasteiger partial charge in [-0.3, -0.25) is 0 Å². The molecule has 0 aliphatic carbocycles. The summed E-state index contributed by atoms with van der Waals surface area (Å²) in [5.41, 5.74) is 2.76. The quantitative estimate of drug-likeness (QED) is 0.626. The topological polar surface area (TPSA) is 68.2 Å². The smallest absolute Gasteiger partial charge is 0.0781 e. The molecule has 1 aromatic carbocycles. The van der Waals surface area contributed by atoms with Crippen molar-refractivity contribution in [1.29, 1.82) is 0 Å². The Morgan fingerprint density at radius 2 is 1.27 bits per heavy atom. The van der Waals surface area contributed by atoms with Gasteiger partial charge in [-0.2, -0.15) is 0 Å². The third-order valence-electron chi connectivity index (χ3n) is 3.64. The van der Waals surface area contributed by atoms with Crippen LogP contribution in [0.4, 0.5) is 0 Å². The van der Waals surface area contributed by atoms with E-state index in [0.29, 0.717) is 19.8 Å². The maximum Gasteiger partial charge on any atom is 0.0781 e. The normalized spacial score (nSPS) is 15.5. The highest BCUT2D eigenvalue weighted by Gasteiger charge is 2.09. The Labute approximate surface area is 159 Å². The average Bonchev–Trinajstić information content (AvgIpc) is 2.63. The van der Waals surface area contributed by atoms with Crippen LogP contribution in [-0.4, -0.2) is 61.1 Å². The van der Waals surface area contributed by atoms with Crippen LogP contribution in [0.3, 0.4) is 0 Å². The molecule has 0 heterocycles. The minimum absolute atomic E-state index is 0.0145. The largest absolute Gasteiger partial charge is 0.394 e. The van der Waals surface area contributed by atoms with Gasteiger partial charge in [0, 0.05) is 0 Å². The average molecular weight is 371 g/mol. The van der Waals surface area contributed by atoms with E-state index in [1.54, 1.807) is 13.8 Å². The monoisotopic (exact) mass is 370 g/mol. The molecule has 0 bridgehead atoms. The Morgan fingerprint density at radius 3 is 1.69 bits per heavy atom. The number of hydrogen-bond acceptors (Lipinski definition) is 5. The van der Waals surface area contributed by atoms with Crippen molar-refractivity contribution in [3.8, 4) is 0 Å². The SMILES string of the molecule is CC(O)COC(C)COC(C)COC(C)CO.CCc1ccc(C)cc1. The third kappa shape index (κ3) is 14.2. The molecule has 0 amide bonds. The van der Waals surface area contributed by atoms with Gasteiger partial charge in [-0.05, 0) is 46.6 Å². The van der Waals surface area contributed by atoms with Gasteiger partial charge in [0.2, 0.25) is 0 Å². The van der Waals surface area contributed by atoms with Crippen molar-refractivity contribution >= 4 is 0 Å². The Balaban J connectivity index is 0.000000577. The van der Waals surface area contributed by atoms with E-state index in [1.807, 2.05) is 13.8 Å². The Hall–Kier alpha value is -0.980. The number of hydrogen-bond donors (Lipinski definition) is 2. The van der Waals surface area contributed by atoms with Crippen LogP contribution in [0, 0.1) is 6.92 Å². The van der Waals surface area contributed by atoms with Crippen LogP contribution in [0.2, 0.25) is 0 Å². The van der Waals surface area contributed by atoms with Crippen molar-refractivity contribution in [2.24, 2.45) is 0 Å². The zero-order valence-corrected chi connectivity index (χ0v) is 17.3. The first kappa shape index (κ1) is 25.0. The van der Waals surface area contributed by atoms with Gasteiger partial charge in [0.25, 0.3) is 0 Å². The summed E-state index contributed by atoms with van der Waals surface area (Å²) in [6.07, 6.45) is 0.429. The van der Waals surface area contributed by atoms with Gasteiger partial charge in [0.05, 0.1) is 50.8 Å². The van der Waals surface area contributed by atoms with Crippen molar-refractivity contribution in [2.45, 2.75) is 72.4 Å². The van der Waals surface area contributed by atoms with Gasteiger partial charge in [0.15, 0.2) is 0 Å². The summed E-state index contributed by atoms with van der Waals surface area (Å²) >= 11 is 0. The molecular weight excluding hydrogens is 332 g/mol. The van der Waals surface area contributed by atoms with E-state index in [4.69, 9.17) is 24.4 Å². The molecule has 0 saturated heterocycles. The third-order valence-corrected chi connectivity index (χ3v) is 3.64. The molecule has 5 nitrogen and oxygen atoms in total. The van der Waals surface area contributed by atoms with Crippen LogP contribution in [0.15, 0.2) is 24.3 Å². The first-order valence-corrected chi connectivity index (χ1v) is 9.47. The van der Waals surface area contributed by atoms with E-state index in [0.717, 1.165) is 6.42 Å². The standard InChI is InChI=1S/C12H26O5.C9H12/c1-9(14)6-15-11(3)8-17-12(4)7-16-10(2)5-13;1-3-9-6-4-8(2)5-7-9/h9-14H,5-8H2,1-4H3;4-7H,3H2,1-2H3. The molecule has 4 unspecified atom stereocenters. The lowest BCUT2D eigenvalue weighted by atomic mass is 10.1. The van der Waals surface area contributed by atoms with Crippen LogP contribution in [0.5, 0.6) is 0 Å². The molecule has 0 aliphatic rings. The Kier molecular flexibility index (Phi) is 14.5. The highest BCUT2D eigenvalue weighted by molar-refractivity contribution is 5.20. The van der Waals surface area contributed by atoms with Crippen LogP contribution < -0.4 is 0 Å². The molecule has 0 spiro atoms. The number of rotatable bonds is 11. The molecule has 0 aliphatic heterocycles. The maximum atomic E-state index is 9.04. The van der Waals surface area contributed by atoms with Crippen molar-refractivity contribution in [3.05, 3.63) is 35.4 Å². The Morgan fingerprint density at radius 1 is 0.808 bits per heavy atom. The van der Waals surface area contributed by atoms with Crippen LogP contribution in [0.1, 0.15) is 45.7 Å². The highest BCUT2D eigenvalue weighted by atomic mass is 16.6. The van der Waals surface area contributed by atoms with Crippen molar-refractivity contribution in [1.82, 2.24) is 0 Å². The van der Waals surface area contributed by atoms with Gasteiger partial charge >= 0.3 is 0 Å². The fourth-order valence-electron chi connectivity index (χ4n) is 1.88. The fourth-order valence-corrected chi connectivity index (χ4v) is 1.88. The molecule has 0 saturated carbocycles. The van der Waals surface area contributed by atoms with Gasteiger partial charge in [0.1, 0.15) is 0 Å². The summed E-state index contributed by atoms with van der Waals surface area (Å²) in [7, 11) is 0. The number of aryl methyl sites for hydroxylation is 2. The van der Waals surface area contributed by atoms with Crippen LogP contribution >= 0.6 is 0 Å². The second-order valence-electron chi connectivity index (χ2n) is 6.80. The minimum atomic E-state index is -0.455. The van der Waals surface area contributed by atoms with Crippen molar-refractivity contribution in [2.75, 3.05) is 26.4 Å². The first-order valence-electron chi connectivity index (χ1n) is 9.47. The molecule has 5 heteroatoms. The predicted octanol–water partition coefficient (Wildman–Crippen LogP) is 3.13. The molecule has 26 heavy (non-hydrogen) atoms. The van der Waals surface area contributed by atoms with Gasteiger partial charge in [-0.15, -0.1) is 0 Å². The lowest BCUT2D eigenvalue weighted by Crippen LogP contribution is -2.27. The lowest BCUT2D eigenvalue weighted by molar-refractivity contribution is -0.0825. The van der Waals surface area contributed by atoms with Crippen molar-refractivity contribution < 1.29 is 24.4 Å². The second-order valence-corrected chi connectivity index (χ2v) is 6.80. The zero-order valence-electron chi connectivity index (χ0n) is 17.3. The molecule has 4 atom stereocenters. The molecular formula is C21H38O5. The highest BCUT2D eigenvalue weighted by Crippen LogP contribution is 2.02. The summed E-state index contributed by atoms with van der Waals surface area (Å²) < 4.78 is 16.2. The first-order chi connectivity index (χ1) is 12.3. The molecule has 2 N–H and O–H groups in total. The second kappa shape index (κ2) is 15.1. The molecule has 0 radical (unpaired) electrons. The zero-order chi connectivity index (χ0) is 19.9. The molecule has 0 fully saturated rings. The molecule has 0 aromatic heterocycles. The number of aliphatic hydroxyl groups excluding tert-OH is 2. The predicted molar refractivity (Wildman–Crippen MR) is 106 cm³/mol. The summed E-state index contributed by atoms with van der Waals surface area (Å²) in [5.74, 6) is 0. The summed E-state index contributed by atoms with van der Waals surface area (Å²) in [4.78, 5) is 0. The maximum absolute atomic E-state index is 9.04. The summed E-state index contributed by atoms with van der Waals surface area (Å²) in [6.45, 7) is 12.8. The van der Waals surface area contributed by atoms with Crippen LogP contribution in [0.25, 0.3) is 0 Å². The van der Waals surface area contributed by atoms with Gasteiger partial charge in [-0.1, -0.05) is 36.8 Å². The Bertz CT molecular complexity index is 433. The van der Waals surface area contributed by atoms with Crippen molar-refractivity contribution in [3.63, 3.8) is 0 Å². The van der Waals surface area contributed by atoms with Crippen LogP contribution in [-0.2, 0) is 20.6 Å². The van der Waals surface area contributed by atoms with E-state index < -0.39 is 6.10 Å². The number of benzene rings is 1. The number of aliphatic hydroxyl groups is 2. The van der Waals surface area contributed by atoms with E-state index in [2.05, 4.69) is 38.1 Å². The summed E-state index contributed by atoms with van der Waals surface area (Å²) in [6, 6.07) is 8.66. The molecule has 1 rings (SSSR count). The summed E-state index contributed by atoms with van der Waals surface area (Å²) in [5, 5.41) is 17.8. The number of ether oxygens (including phenoxy) is 3. The van der Waals surface area contributed by atoms with E-state index >= 15 is 0 Å². The fraction of sp³-hybridized carbons (Fsp3) is 0.714. The molecule has 152 valence electrons. The lowest BCUT2D eigenvalue weighted by Gasteiger charge is -2.19. The minimum Gasteiger partial charge on any atom is -0.394 e. The van der Waals surface area contributed by atoms with E-state index in [9.17, 15) is 0 Å². The van der Waals surface area contributed by atoms with Gasteiger partial charge in [-0.25, -0.2) is 0 Å². The van der Waals surface area contributed by atoms with E-state index in [1.165, 1.54) is 11.1 Å². The van der Waals surface area contributed by atoms with Gasteiger partial charge < -0.3 is 24.4 Å². The molecule has 1 aromatic rings.